The van der Waals surface area contributed by atoms with Crippen molar-refractivity contribution in [2.45, 2.75) is 30.9 Å². The third kappa shape index (κ3) is 4.22. The predicted molar refractivity (Wildman–Crippen MR) is 68.3 cm³/mol. The van der Waals surface area contributed by atoms with Gasteiger partial charge in [0.05, 0.1) is 12.7 Å². The molecule has 2 aliphatic rings. The van der Waals surface area contributed by atoms with Crippen molar-refractivity contribution in [2.75, 3.05) is 13.2 Å². The normalized spacial score (nSPS) is 32.0. The van der Waals surface area contributed by atoms with Crippen molar-refractivity contribution in [3.8, 4) is 0 Å². The Morgan fingerprint density at radius 3 is 2.70 bits per heavy atom. The summed E-state index contributed by atoms with van der Waals surface area (Å²) >= 11 is 0. The average Bonchev–Trinajstić information content (AvgIpc) is 2.76. The van der Waals surface area contributed by atoms with Crippen molar-refractivity contribution in [1.82, 2.24) is 10.2 Å². The quantitative estimate of drug-likeness (QED) is 0.238. The SMILES string of the molecule is O=C1NC(=O)N([C@H]2C[C@H](O)[C@@H](COP(=O)(O)O)O2)C[C@H]1[N+](=O)[O-]. The van der Waals surface area contributed by atoms with Crippen molar-refractivity contribution >= 4 is 19.8 Å². The van der Waals surface area contributed by atoms with Crippen molar-refractivity contribution < 1.29 is 43.2 Å². The van der Waals surface area contributed by atoms with Crippen LogP contribution in [0.4, 0.5) is 4.79 Å². The number of nitrogens with one attached hydrogen (secondary N) is 1. The monoisotopic (exact) mass is 355 g/mol. The molecule has 2 aliphatic heterocycles. The summed E-state index contributed by atoms with van der Waals surface area (Å²) in [6.45, 7) is -1.17. The van der Waals surface area contributed by atoms with Crippen LogP contribution in [0.1, 0.15) is 6.42 Å². The van der Waals surface area contributed by atoms with Crippen molar-refractivity contribution in [2.24, 2.45) is 0 Å². The van der Waals surface area contributed by atoms with Crippen LogP contribution in [0.25, 0.3) is 0 Å². The smallest absolute Gasteiger partial charge is 0.390 e. The van der Waals surface area contributed by atoms with Gasteiger partial charge in [-0.3, -0.25) is 29.6 Å². The van der Waals surface area contributed by atoms with E-state index in [0.29, 0.717) is 0 Å². The number of hydrogen-bond acceptors (Lipinski definition) is 8. The van der Waals surface area contributed by atoms with E-state index in [-0.39, 0.29) is 6.42 Å². The van der Waals surface area contributed by atoms with Crippen molar-refractivity contribution in [3.63, 3.8) is 0 Å². The largest absolute Gasteiger partial charge is 0.469 e. The van der Waals surface area contributed by atoms with E-state index < -0.39 is 62.3 Å². The van der Waals surface area contributed by atoms with Gasteiger partial charge in [-0.2, -0.15) is 0 Å². The minimum absolute atomic E-state index is 0.152. The predicted octanol–water partition coefficient (Wildman–Crippen LogP) is -2.23. The molecule has 13 nitrogen and oxygen atoms in total. The number of nitrogens with zero attached hydrogens (tertiary/aromatic N) is 2. The molecule has 0 unspecified atom stereocenters. The Balaban J connectivity index is 2.01. The Labute approximate surface area is 128 Å². The fourth-order valence-corrected chi connectivity index (χ4v) is 2.59. The molecule has 2 saturated heterocycles. The minimum atomic E-state index is -4.76. The number of nitro groups is 1. The number of imide groups is 1. The van der Waals surface area contributed by atoms with Gasteiger partial charge in [-0.05, 0) is 0 Å². The number of carbonyl (C=O) groups excluding carboxylic acids is 2. The highest BCUT2D eigenvalue weighted by molar-refractivity contribution is 7.46. The van der Waals surface area contributed by atoms with Gasteiger partial charge in [-0.25, -0.2) is 9.36 Å². The first kappa shape index (κ1) is 17.7. The maximum atomic E-state index is 11.7. The molecule has 130 valence electrons. The molecule has 14 heteroatoms. The Hall–Kier alpha value is -1.63. The van der Waals surface area contributed by atoms with Crippen molar-refractivity contribution in [1.29, 1.82) is 0 Å². The number of phosphoric acid groups is 1. The molecule has 0 aromatic carbocycles. The molecule has 0 aliphatic carbocycles. The van der Waals surface area contributed by atoms with Gasteiger partial charge in [0, 0.05) is 11.3 Å². The molecular formula is C9H14N3O10P. The van der Waals surface area contributed by atoms with Gasteiger partial charge < -0.3 is 19.6 Å². The van der Waals surface area contributed by atoms with Crippen LogP contribution in [-0.2, 0) is 18.6 Å². The molecule has 0 aromatic heterocycles. The molecule has 0 radical (unpaired) electrons. The summed E-state index contributed by atoms with van der Waals surface area (Å²) in [6, 6.07) is -2.58. The summed E-state index contributed by atoms with van der Waals surface area (Å²) in [5, 5.41) is 22.4. The van der Waals surface area contributed by atoms with Gasteiger partial charge in [0.1, 0.15) is 18.9 Å². The van der Waals surface area contributed by atoms with Crippen LogP contribution in [0, 0.1) is 10.1 Å². The number of amides is 3. The molecule has 2 heterocycles. The second-order valence-corrected chi connectivity index (χ2v) is 6.21. The van der Waals surface area contributed by atoms with Crippen LogP contribution in [0.3, 0.4) is 0 Å². The van der Waals surface area contributed by atoms with Crippen LogP contribution in [0.15, 0.2) is 0 Å². The zero-order valence-corrected chi connectivity index (χ0v) is 12.4. The molecule has 0 bridgehead atoms. The second-order valence-electron chi connectivity index (χ2n) is 4.97. The first-order chi connectivity index (χ1) is 10.6. The van der Waals surface area contributed by atoms with Gasteiger partial charge in [0.25, 0.3) is 0 Å². The lowest BCUT2D eigenvalue weighted by Crippen LogP contribution is -2.61. The summed E-state index contributed by atoms with van der Waals surface area (Å²) in [5.74, 6) is -1.05. The molecule has 0 aromatic rings. The third-order valence-electron chi connectivity index (χ3n) is 3.38. The van der Waals surface area contributed by atoms with Gasteiger partial charge in [0.2, 0.25) is 0 Å². The van der Waals surface area contributed by atoms with Gasteiger partial charge in [-0.1, -0.05) is 0 Å². The molecule has 3 amide bonds. The molecule has 0 spiro atoms. The molecule has 2 fully saturated rings. The molecule has 2 rings (SSSR count). The Morgan fingerprint density at radius 2 is 2.13 bits per heavy atom. The van der Waals surface area contributed by atoms with E-state index in [9.17, 15) is 29.4 Å². The van der Waals surface area contributed by atoms with Crippen LogP contribution in [-0.4, -0.2) is 74.3 Å². The molecule has 4 N–H and O–H groups in total. The number of carbonyl (C=O) groups is 2. The van der Waals surface area contributed by atoms with Crippen LogP contribution >= 0.6 is 7.82 Å². The lowest BCUT2D eigenvalue weighted by Gasteiger charge is -2.32. The number of aliphatic hydroxyl groups is 1. The Bertz CT molecular complexity index is 564. The number of aliphatic hydroxyl groups excluding tert-OH is 1. The second kappa shape index (κ2) is 6.47. The van der Waals surface area contributed by atoms with E-state index in [4.69, 9.17) is 14.5 Å². The van der Waals surface area contributed by atoms with E-state index in [1.54, 1.807) is 0 Å². The van der Waals surface area contributed by atoms with E-state index in [1.165, 1.54) is 0 Å². The van der Waals surface area contributed by atoms with Crippen LogP contribution in [0.2, 0.25) is 0 Å². The Morgan fingerprint density at radius 1 is 1.48 bits per heavy atom. The van der Waals surface area contributed by atoms with Crippen LogP contribution in [0.5, 0.6) is 0 Å². The number of ether oxygens (including phenoxy) is 1. The fourth-order valence-electron chi connectivity index (χ4n) is 2.25. The van der Waals surface area contributed by atoms with Gasteiger partial charge in [0.15, 0.2) is 0 Å². The number of phosphoric ester groups is 1. The first-order valence-corrected chi connectivity index (χ1v) is 7.90. The molecule has 4 atom stereocenters. The van der Waals surface area contributed by atoms with E-state index in [0.717, 1.165) is 4.90 Å². The van der Waals surface area contributed by atoms with E-state index >= 15 is 0 Å². The average molecular weight is 355 g/mol. The molecular weight excluding hydrogens is 341 g/mol. The Kier molecular flexibility index (Phi) is 4.98. The molecule has 23 heavy (non-hydrogen) atoms. The van der Waals surface area contributed by atoms with Crippen molar-refractivity contribution in [3.05, 3.63) is 10.1 Å². The topological polar surface area (TPSA) is 189 Å². The lowest BCUT2D eigenvalue weighted by molar-refractivity contribution is -0.509. The maximum absolute atomic E-state index is 11.7. The zero-order valence-electron chi connectivity index (χ0n) is 11.5. The third-order valence-corrected chi connectivity index (χ3v) is 3.86. The number of urea groups is 1. The van der Waals surface area contributed by atoms with E-state index in [1.807, 2.05) is 5.32 Å². The summed E-state index contributed by atoms with van der Waals surface area (Å²) in [4.78, 5) is 51.1. The van der Waals surface area contributed by atoms with Gasteiger partial charge >= 0.3 is 25.8 Å². The zero-order chi connectivity index (χ0) is 17.4. The summed E-state index contributed by atoms with van der Waals surface area (Å²) < 4.78 is 20.1. The maximum Gasteiger partial charge on any atom is 0.469 e. The van der Waals surface area contributed by atoms with Crippen LogP contribution < -0.4 is 5.32 Å². The standard InChI is InChI=1S/C9H14N3O10P/c13-5-1-7(22-6(5)3-21-23(18,19)20)11-2-4(12(16)17)8(14)10-9(11)15/h4-7,13H,1-3H2,(H,10,14,15)(H2,18,19,20)/t4-,5+,6-,7-/m1/s1. The molecule has 0 saturated carbocycles. The summed E-state index contributed by atoms with van der Waals surface area (Å²) in [7, 11) is -4.76. The van der Waals surface area contributed by atoms with Gasteiger partial charge in [-0.15, -0.1) is 0 Å². The lowest BCUT2D eigenvalue weighted by atomic mass is 10.1. The first-order valence-electron chi connectivity index (χ1n) is 6.37. The van der Waals surface area contributed by atoms with E-state index in [2.05, 4.69) is 4.52 Å². The fraction of sp³-hybridized carbons (Fsp3) is 0.778. The number of hydrogen-bond donors (Lipinski definition) is 4. The highest BCUT2D eigenvalue weighted by Crippen LogP contribution is 2.37. The summed E-state index contributed by atoms with van der Waals surface area (Å²) in [5.41, 5.74) is 0. The highest BCUT2D eigenvalue weighted by Gasteiger charge is 2.47. The number of rotatable bonds is 5. The summed E-state index contributed by atoms with van der Waals surface area (Å²) in [6.07, 6.45) is -3.58. The minimum Gasteiger partial charge on any atom is -0.390 e. The highest BCUT2D eigenvalue weighted by atomic mass is 31.2.